The molecule has 0 aliphatic rings. The third kappa shape index (κ3) is 3.22. The Kier molecular flexibility index (Phi) is 4.30. The number of nitrogens with zero attached hydrogens (tertiary/aromatic N) is 4. The molecule has 1 aromatic heterocycles. The molecule has 1 heterocycles. The largest absolute Gasteiger partial charge is 0.354 e. The van der Waals surface area contributed by atoms with E-state index in [-0.39, 0.29) is 16.5 Å². The van der Waals surface area contributed by atoms with E-state index in [1.54, 1.807) is 13.8 Å². The molecule has 6 nitrogen and oxygen atoms in total. The highest BCUT2D eigenvalue weighted by molar-refractivity contribution is 6.31. The fourth-order valence-electron chi connectivity index (χ4n) is 1.18. The van der Waals surface area contributed by atoms with Crippen molar-refractivity contribution in [3.05, 3.63) is 10.7 Å². The van der Waals surface area contributed by atoms with E-state index >= 15 is 0 Å². The maximum Gasteiger partial charge on any atom is 0.226 e. The Morgan fingerprint density at radius 3 is 2.50 bits per heavy atom. The third-order valence-corrected chi connectivity index (χ3v) is 2.30. The molecular formula is C11H13ClN6. The second-order valence-electron chi connectivity index (χ2n) is 4.07. The summed E-state index contributed by atoms with van der Waals surface area (Å²) in [5, 5.41) is 23.8. The first kappa shape index (κ1) is 14.0. The molecule has 0 bridgehead atoms. The quantitative estimate of drug-likeness (QED) is 0.809. The van der Waals surface area contributed by atoms with Crippen molar-refractivity contribution >= 4 is 23.4 Å². The molecule has 2 N–H and O–H groups in total. The van der Waals surface area contributed by atoms with Crippen LogP contribution in [0.1, 0.15) is 26.3 Å². The number of nitrogens with one attached hydrogen (secondary N) is 2. The van der Waals surface area contributed by atoms with Gasteiger partial charge in [-0.2, -0.15) is 20.5 Å². The molecule has 1 aromatic rings. The van der Waals surface area contributed by atoms with Gasteiger partial charge >= 0.3 is 0 Å². The maximum atomic E-state index is 9.03. The number of aromatic nitrogens is 2. The van der Waals surface area contributed by atoms with E-state index in [1.807, 2.05) is 13.0 Å². The minimum atomic E-state index is -0.854. The third-order valence-electron chi connectivity index (χ3n) is 2.02. The van der Waals surface area contributed by atoms with E-state index in [0.717, 1.165) is 0 Å². The molecule has 0 spiro atoms. The van der Waals surface area contributed by atoms with Crippen LogP contribution in [0.5, 0.6) is 0 Å². The van der Waals surface area contributed by atoms with Crippen molar-refractivity contribution < 1.29 is 0 Å². The van der Waals surface area contributed by atoms with Crippen LogP contribution in [0.15, 0.2) is 0 Å². The SMILES string of the molecule is CCNc1nc(Cl)c(C#N)c(NC(C)(C)C#N)n1. The van der Waals surface area contributed by atoms with Gasteiger partial charge in [0, 0.05) is 6.54 Å². The zero-order valence-corrected chi connectivity index (χ0v) is 11.1. The summed E-state index contributed by atoms with van der Waals surface area (Å²) in [6.07, 6.45) is 0. The van der Waals surface area contributed by atoms with Crippen molar-refractivity contribution in [2.45, 2.75) is 26.3 Å². The van der Waals surface area contributed by atoms with Crippen LogP contribution >= 0.6 is 11.6 Å². The molecule has 18 heavy (non-hydrogen) atoms. The first-order valence-electron chi connectivity index (χ1n) is 5.34. The van der Waals surface area contributed by atoms with Crippen molar-refractivity contribution in [1.82, 2.24) is 9.97 Å². The number of anilines is 2. The molecular weight excluding hydrogens is 252 g/mol. The molecule has 1 rings (SSSR count). The lowest BCUT2D eigenvalue weighted by Gasteiger charge is -2.19. The second-order valence-corrected chi connectivity index (χ2v) is 4.42. The average Bonchev–Trinajstić information content (AvgIpc) is 2.29. The van der Waals surface area contributed by atoms with Gasteiger partial charge in [0.1, 0.15) is 17.2 Å². The van der Waals surface area contributed by atoms with Crippen LogP contribution in [0.25, 0.3) is 0 Å². The van der Waals surface area contributed by atoms with Gasteiger partial charge in [-0.15, -0.1) is 0 Å². The molecule has 0 aliphatic heterocycles. The van der Waals surface area contributed by atoms with Gasteiger partial charge in [0.25, 0.3) is 0 Å². The highest BCUT2D eigenvalue weighted by Gasteiger charge is 2.21. The maximum absolute atomic E-state index is 9.03. The Bertz CT molecular complexity index is 526. The van der Waals surface area contributed by atoms with Gasteiger partial charge in [0.05, 0.1) is 6.07 Å². The lowest BCUT2D eigenvalue weighted by atomic mass is 10.1. The topological polar surface area (TPSA) is 97.4 Å². The van der Waals surface area contributed by atoms with Crippen molar-refractivity contribution in [2.75, 3.05) is 17.2 Å². The zero-order chi connectivity index (χ0) is 13.8. The minimum absolute atomic E-state index is 0.0553. The molecule has 0 saturated carbocycles. The normalized spacial score (nSPS) is 10.3. The second kappa shape index (κ2) is 5.52. The number of nitriles is 2. The first-order chi connectivity index (χ1) is 8.43. The van der Waals surface area contributed by atoms with E-state index in [2.05, 4.69) is 26.7 Å². The Morgan fingerprint density at radius 1 is 1.33 bits per heavy atom. The smallest absolute Gasteiger partial charge is 0.226 e. The van der Waals surface area contributed by atoms with Crippen LogP contribution in [0, 0.1) is 22.7 Å². The van der Waals surface area contributed by atoms with Gasteiger partial charge in [-0.3, -0.25) is 0 Å². The van der Waals surface area contributed by atoms with E-state index in [9.17, 15) is 0 Å². The predicted octanol–water partition coefficient (Wildman–Crippen LogP) is 2.15. The van der Waals surface area contributed by atoms with Crippen LogP contribution < -0.4 is 10.6 Å². The van der Waals surface area contributed by atoms with E-state index in [0.29, 0.717) is 12.5 Å². The number of rotatable bonds is 4. The zero-order valence-electron chi connectivity index (χ0n) is 10.4. The molecule has 0 atom stereocenters. The molecule has 94 valence electrons. The van der Waals surface area contributed by atoms with Gasteiger partial charge in [0.15, 0.2) is 11.0 Å². The molecule has 0 aliphatic carbocycles. The summed E-state index contributed by atoms with van der Waals surface area (Å²) in [5.74, 6) is 0.567. The Hall–Kier alpha value is -2.05. The Morgan fingerprint density at radius 2 is 2.00 bits per heavy atom. The van der Waals surface area contributed by atoms with Gasteiger partial charge in [-0.05, 0) is 20.8 Å². The van der Waals surface area contributed by atoms with Crippen molar-refractivity contribution in [3.8, 4) is 12.1 Å². The molecule has 0 radical (unpaired) electrons. The predicted molar refractivity (Wildman–Crippen MR) is 69.2 cm³/mol. The van der Waals surface area contributed by atoms with Crippen molar-refractivity contribution in [1.29, 1.82) is 10.5 Å². The van der Waals surface area contributed by atoms with Crippen LogP contribution in [0.4, 0.5) is 11.8 Å². The number of hydrogen-bond donors (Lipinski definition) is 2. The fourth-order valence-corrected chi connectivity index (χ4v) is 1.40. The Labute approximate surface area is 111 Å². The first-order valence-corrected chi connectivity index (χ1v) is 5.72. The lowest BCUT2D eigenvalue weighted by Crippen LogP contribution is -2.29. The molecule has 0 aromatic carbocycles. The highest BCUT2D eigenvalue weighted by atomic mass is 35.5. The number of halogens is 1. The molecule has 0 amide bonds. The molecule has 7 heteroatoms. The Balaban J connectivity index is 3.24. The van der Waals surface area contributed by atoms with Crippen molar-refractivity contribution in [2.24, 2.45) is 0 Å². The summed E-state index contributed by atoms with van der Waals surface area (Å²) in [6.45, 7) is 5.87. The van der Waals surface area contributed by atoms with Gasteiger partial charge in [-0.1, -0.05) is 11.6 Å². The van der Waals surface area contributed by atoms with Crippen molar-refractivity contribution in [3.63, 3.8) is 0 Å². The number of hydrogen-bond acceptors (Lipinski definition) is 6. The van der Waals surface area contributed by atoms with Crippen LogP contribution in [0.3, 0.4) is 0 Å². The summed E-state index contributed by atoms with van der Waals surface area (Å²) >= 11 is 5.91. The standard InChI is InChI=1S/C11H13ClN6/c1-4-15-10-16-8(12)7(5-13)9(17-10)18-11(2,3)6-14/h4H2,1-3H3,(H2,15,16,17,18). The summed E-state index contributed by atoms with van der Waals surface area (Å²) < 4.78 is 0. The van der Waals surface area contributed by atoms with E-state index in [4.69, 9.17) is 22.1 Å². The van der Waals surface area contributed by atoms with Crippen LogP contribution in [0.2, 0.25) is 5.15 Å². The molecule has 0 unspecified atom stereocenters. The van der Waals surface area contributed by atoms with Crippen LogP contribution in [-0.2, 0) is 0 Å². The van der Waals surface area contributed by atoms with E-state index < -0.39 is 5.54 Å². The molecule has 0 saturated heterocycles. The average molecular weight is 265 g/mol. The monoisotopic (exact) mass is 264 g/mol. The summed E-state index contributed by atoms with van der Waals surface area (Å²) in [7, 11) is 0. The van der Waals surface area contributed by atoms with Gasteiger partial charge in [0.2, 0.25) is 5.95 Å². The highest BCUT2D eigenvalue weighted by Crippen LogP contribution is 2.24. The van der Waals surface area contributed by atoms with Crippen LogP contribution in [-0.4, -0.2) is 22.1 Å². The molecule has 0 fully saturated rings. The van der Waals surface area contributed by atoms with Gasteiger partial charge < -0.3 is 10.6 Å². The fraction of sp³-hybridized carbons (Fsp3) is 0.455. The van der Waals surface area contributed by atoms with Gasteiger partial charge in [-0.25, -0.2) is 0 Å². The summed E-state index contributed by atoms with van der Waals surface area (Å²) in [6, 6.07) is 3.99. The lowest BCUT2D eigenvalue weighted by molar-refractivity contribution is 0.722. The summed E-state index contributed by atoms with van der Waals surface area (Å²) in [5.41, 5.74) is -0.728. The van der Waals surface area contributed by atoms with E-state index in [1.165, 1.54) is 0 Å². The summed E-state index contributed by atoms with van der Waals surface area (Å²) in [4.78, 5) is 8.08. The minimum Gasteiger partial charge on any atom is -0.354 e.